The Morgan fingerprint density at radius 2 is 2.02 bits per heavy atom. The fourth-order valence-corrected chi connectivity index (χ4v) is 6.98. The molecule has 0 aromatic carbocycles. The van der Waals surface area contributed by atoms with E-state index < -0.39 is 57.3 Å². The zero-order valence-corrected chi connectivity index (χ0v) is 23.8. The van der Waals surface area contributed by atoms with E-state index in [2.05, 4.69) is 15.5 Å². The number of pyridine rings is 1. The first-order valence-electron chi connectivity index (χ1n) is 11.6. The average molecular weight is 610 g/mol. The summed E-state index contributed by atoms with van der Waals surface area (Å²) in [5.74, 6) is -4.33. The molecular weight excluding hydrogens is 584 g/mol. The predicted octanol–water partition coefficient (Wildman–Crippen LogP) is -0.320. The maximum atomic E-state index is 13.2. The van der Waals surface area contributed by atoms with Gasteiger partial charge in [0.15, 0.2) is 23.2 Å². The van der Waals surface area contributed by atoms with Crippen molar-refractivity contribution in [1.29, 1.82) is 0 Å². The van der Waals surface area contributed by atoms with Crippen LogP contribution in [0.4, 0.5) is 5.13 Å². The van der Waals surface area contributed by atoms with Crippen LogP contribution in [0.15, 0.2) is 51.2 Å². The normalized spacial score (nSPS) is 21.0. The van der Waals surface area contributed by atoms with Gasteiger partial charge in [-0.1, -0.05) is 5.16 Å². The highest BCUT2D eigenvalue weighted by Crippen LogP contribution is 2.36. The van der Waals surface area contributed by atoms with Crippen LogP contribution < -0.4 is 15.6 Å². The Balaban J connectivity index is 1.56. The highest BCUT2D eigenvalue weighted by molar-refractivity contribution is 7.99. The molecule has 2 amide bonds. The van der Waals surface area contributed by atoms with E-state index >= 15 is 0 Å². The summed E-state index contributed by atoms with van der Waals surface area (Å²) in [6, 6.07) is 2.38. The minimum absolute atomic E-state index is 0.0329. The van der Waals surface area contributed by atoms with Crippen molar-refractivity contribution in [2.45, 2.75) is 35.8 Å². The number of nitrogens with two attached hydrogens (primary N) is 1. The molecule has 1 saturated heterocycles. The van der Waals surface area contributed by atoms with Crippen LogP contribution in [-0.2, 0) is 41.9 Å². The lowest BCUT2D eigenvalue weighted by atomic mass is 10.0. The van der Waals surface area contributed by atoms with E-state index in [0.717, 1.165) is 21.1 Å². The van der Waals surface area contributed by atoms with Gasteiger partial charge in [-0.25, -0.2) is 19.1 Å². The molecule has 3 atom stereocenters. The fourth-order valence-electron chi connectivity index (χ4n) is 3.73. The second-order valence-electron chi connectivity index (χ2n) is 9.24. The molecule has 2 aromatic heterocycles. The number of amides is 2. The number of rotatable bonds is 10. The molecule has 2 aliphatic rings. The van der Waals surface area contributed by atoms with Gasteiger partial charge in [0.1, 0.15) is 29.9 Å². The van der Waals surface area contributed by atoms with Gasteiger partial charge in [0, 0.05) is 28.2 Å². The first kappa shape index (κ1) is 29.2. The number of anilines is 1. The summed E-state index contributed by atoms with van der Waals surface area (Å²) in [5, 5.41) is 25.7. The molecule has 212 valence electrons. The zero-order valence-electron chi connectivity index (χ0n) is 21.4. The number of hydrogen-bond donors (Lipinski definition) is 4. The average Bonchev–Trinajstić information content (AvgIpc) is 3.31. The SMILES string of the molecule is C[n+]1ccc(SCC2=C(C(=O)O)N3C(=O)[C@H](NC(=O)/C(=N/OC(C)(C)C(=O)O)c4csc(N)n4)[C@@H]3S(=O)C2)cc1. The van der Waals surface area contributed by atoms with Gasteiger partial charge in [-0.2, -0.15) is 0 Å². The van der Waals surface area contributed by atoms with E-state index in [1.54, 1.807) is 0 Å². The van der Waals surface area contributed by atoms with Crippen molar-refractivity contribution in [2.24, 2.45) is 12.2 Å². The van der Waals surface area contributed by atoms with Crippen molar-refractivity contribution in [2.75, 3.05) is 17.2 Å². The number of carbonyl (C=O) groups excluding carboxylic acids is 2. The van der Waals surface area contributed by atoms with Crippen LogP contribution >= 0.6 is 23.1 Å². The van der Waals surface area contributed by atoms with Crippen LogP contribution in [0.25, 0.3) is 0 Å². The summed E-state index contributed by atoms with van der Waals surface area (Å²) in [5.41, 5.74) is 3.44. The number of carbonyl (C=O) groups is 4. The Morgan fingerprint density at radius 1 is 1.35 bits per heavy atom. The summed E-state index contributed by atoms with van der Waals surface area (Å²) >= 11 is 2.34. The minimum Gasteiger partial charge on any atom is -0.478 e. The van der Waals surface area contributed by atoms with Gasteiger partial charge in [-0.3, -0.25) is 18.7 Å². The summed E-state index contributed by atoms with van der Waals surface area (Å²) in [6.45, 7) is 2.44. The number of thiazole rings is 1. The molecule has 14 nitrogen and oxygen atoms in total. The number of aromatic nitrogens is 2. The molecule has 40 heavy (non-hydrogen) atoms. The van der Waals surface area contributed by atoms with Crippen molar-refractivity contribution in [3.05, 3.63) is 46.9 Å². The lowest BCUT2D eigenvalue weighted by molar-refractivity contribution is -0.671. The molecule has 0 spiro atoms. The summed E-state index contributed by atoms with van der Waals surface area (Å²) in [7, 11) is 0.128. The third kappa shape index (κ3) is 5.85. The Kier molecular flexibility index (Phi) is 8.27. The number of β-lactam (4-membered cyclic amide) rings is 1. The van der Waals surface area contributed by atoms with Gasteiger partial charge in [0.05, 0.1) is 16.6 Å². The van der Waals surface area contributed by atoms with E-state index in [4.69, 9.17) is 10.6 Å². The Bertz CT molecular complexity index is 1470. The van der Waals surface area contributed by atoms with Gasteiger partial charge in [0.25, 0.3) is 11.8 Å². The standard InChI is InChI=1S/C23H24N6O8S3/c1-23(2,21(34)35)37-27-14(13-9-39-22(24)25-13)17(30)26-15-18(31)29-16(20(32)33)11(10-40(36)19(15)29)8-38-12-4-6-28(3)7-5-12/h4-7,9,15,19H,8,10H2,1-3H3,(H4-,24,25,26,30,32,33,34,35)/p+1/b27-14+/t15-,19-,40?/m0/s1. The number of carboxylic acids is 2. The van der Waals surface area contributed by atoms with Crippen molar-refractivity contribution < 1.29 is 43.0 Å². The molecule has 0 radical (unpaired) electrons. The molecule has 0 saturated carbocycles. The van der Waals surface area contributed by atoms with Gasteiger partial charge in [-0.15, -0.1) is 23.1 Å². The van der Waals surface area contributed by atoms with E-state index in [0.29, 0.717) is 5.57 Å². The topological polar surface area (TPSA) is 205 Å². The third-order valence-electron chi connectivity index (χ3n) is 5.91. The summed E-state index contributed by atoms with van der Waals surface area (Å²) in [6.07, 6.45) is 3.67. The molecule has 17 heteroatoms. The zero-order chi connectivity index (χ0) is 29.4. The van der Waals surface area contributed by atoms with Gasteiger partial charge >= 0.3 is 11.9 Å². The van der Waals surface area contributed by atoms with Crippen molar-refractivity contribution >= 4 is 68.5 Å². The minimum atomic E-state index is -1.80. The molecule has 4 heterocycles. The first-order chi connectivity index (χ1) is 18.8. The fraction of sp³-hybridized carbons (Fsp3) is 0.348. The Morgan fingerprint density at radius 3 is 2.60 bits per heavy atom. The molecule has 0 aliphatic carbocycles. The van der Waals surface area contributed by atoms with Crippen LogP contribution in [0.3, 0.4) is 0 Å². The largest absolute Gasteiger partial charge is 0.478 e. The first-order valence-corrected chi connectivity index (χ1v) is 14.8. The van der Waals surface area contributed by atoms with E-state index in [9.17, 15) is 33.6 Å². The van der Waals surface area contributed by atoms with Crippen molar-refractivity contribution in [3.63, 3.8) is 0 Å². The predicted molar refractivity (Wildman–Crippen MR) is 144 cm³/mol. The van der Waals surface area contributed by atoms with Gasteiger partial charge in [0.2, 0.25) is 5.60 Å². The van der Waals surface area contributed by atoms with Gasteiger partial charge in [-0.05, 0) is 19.4 Å². The Hall–Kier alpha value is -3.83. The molecule has 4 rings (SSSR count). The molecule has 5 N–H and O–H groups in total. The second-order valence-corrected chi connectivity index (χ2v) is 12.7. The van der Waals surface area contributed by atoms with Crippen LogP contribution in [0.1, 0.15) is 19.5 Å². The smallest absolute Gasteiger partial charge is 0.352 e. The maximum absolute atomic E-state index is 13.2. The number of hydrogen-bond acceptors (Lipinski definition) is 11. The number of nitrogens with one attached hydrogen (secondary N) is 1. The monoisotopic (exact) mass is 609 g/mol. The van der Waals surface area contributed by atoms with Crippen LogP contribution in [0.2, 0.25) is 0 Å². The lowest BCUT2D eigenvalue weighted by Gasteiger charge is -2.49. The second kappa shape index (κ2) is 11.3. The highest BCUT2D eigenvalue weighted by atomic mass is 32.2. The third-order valence-corrected chi connectivity index (χ3v) is 9.34. The summed E-state index contributed by atoms with van der Waals surface area (Å²) < 4.78 is 15.0. The van der Waals surface area contributed by atoms with Crippen LogP contribution in [0, 0.1) is 0 Å². The Labute approximate surface area is 238 Å². The van der Waals surface area contributed by atoms with Crippen LogP contribution in [-0.4, -0.2) is 82.3 Å². The molecular formula is C23H25N6O8S3+. The maximum Gasteiger partial charge on any atom is 0.352 e. The highest BCUT2D eigenvalue weighted by Gasteiger charge is 2.57. The molecule has 2 aliphatic heterocycles. The summed E-state index contributed by atoms with van der Waals surface area (Å²) in [4.78, 5) is 60.7. The number of thioether (sulfide) groups is 1. The van der Waals surface area contributed by atoms with Crippen molar-refractivity contribution in [3.8, 4) is 0 Å². The number of nitrogen functional groups attached to an aromatic ring is 1. The van der Waals surface area contributed by atoms with E-state index in [-0.39, 0.29) is 28.0 Å². The quantitative estimate of drug-likeness (QED) is 0.0903. The van der Waals surface area contributed by atoms with E-state index in [1.807, 2.05) is 36.1 Å². The van der Waals surface area contributed by atoms with Crippen LogP contribution in [0.5, 0.6) is 0 Å². The molecule has 2 aromatic rings. The number of aliphatic carboxylic acids is 2. The number of carboxylic acid groups (broad SMARTS) is 2. The number of aryl methyl sites for hydroxylation is 1. The number of fused-ring (bicyclic) bond motifs is 1. The lowest BCUT2D eigenvalue weighted by Crippen LogP contribution is -2.74. The van der Waals surface area contributed by atoms with E-state index in [1.165, 1.54) is 31.0 Å². The number of oxime groups is 1. The molecule has 1 fully saturated rings. The molecule has 1 unspecified atom stereocenters. The van der Waals surface area contributed by atoms with Gasteiger partial charge < -0.3 is 26.1 Å². The molecule has 0 bridgehead atoms. The van der Waals surface area contributed by atoms with Crippen molar-refractivity contribution in [1.82, 2.24) is 15.2 Å². The number of nitrogens with zero attached hydrogens (tertiary/aromatic N) is 4.